The number of nitrogens with zero attached hydrogens (tertiary/aromatic N) is 1. The minimum absolute atomic E-state index is 0.0831. The zero-order chi connectivity index (χ0) is 15.4. The summed E-state index contributed by atoms with van der Waals surface area (Å²) >= 11 is 0. The van der Waals surface area contributed by atoms with Crippen LogP contribution in [-0.2, 0) is 9.53 Å². The molecule has 2 rings (SSSR count). The standard InChI is InChI=1S/C15H13F2NO3/c1-2-21-15(20)14(18-8-4-3-5-13(18)19)11-7-6-10(16)9-12(11)17/h3-9,14H,2H2,1H3. The maximum absolute atomic E-state index is 14.0. The number of carbonyl (C=O) groups excluding carboxylic acids is 1. The first-order valence-electron chi connectivity index (χ1n) is 6.33. The molecule has 1 aromatic heterocycles. The molecule has 0 aliphatic heterocycles. The Morgan fingerprint density at radius 1 is 1.29 bits per heavy atom. The summed E-state index contributed by atoms with van der Waals surface area (Å²) in [5.74, 6) is -2.46. The number of hydrogen-bond acceptors (Lipinski definition) is 3. The molecule has 0 spiro atoms. The lowest BCUT2D eigenvalue weighted by atomic mass is 10.1. The molecule has 0 saturated heterocycles. The number of ether oxygens (including phenoxy) is 1. The van der Waals surface area contributed by atoms with Crippen molar-refractivity contribution in [1.29, 1.82) is 0 Å². The molecule has 1 unspecified atom stereocenters. The lowest BCUT2D eigenvalue weighted by Gasteiger charge is -2.19. The first-order valence-corrected chi connectivity index (χ1v) is 6.33. The van der Waals surface area contributed by atoms with E-state index < -0.39 is 29.2 Å². The van der Waals surface area contributed by atoms with E-state index in [1.807, 2.05) is 0 Å². The smallest absolute Gasteiger partial charge is 0.334 e. The van der Waals surface area contributed by atoms with E-state index in [1.54, 1.807) is 6.92 Å². The van der Waals surface area contributed by atoms with Crippen molar-refractivity contribution in [3.05, 3.63) is 70.1 Å². The van der Waals surface area contributed by atoms with Gasteiger partial charge >= 0.3 is 5.97 Å². The van der Waals surface area contributed by atoms with Gasteiger partial charge in [-0.15, -0.1) is 0 Å². The van der Waals surface area contributed by atoms with E-state index in [0.29, 0.717) is 6.07 Å². The summed E-state index contributed by atoms with van der Waals surface area (Å²) in [6, 6.07) is 5.81. The topological polar surface area (TPSA) is 48.3 Å². The molecule has 21 heavy (non-hydrogen) atoms. The molecule has 1 atom stereocenters. The number of carbonyl (C=O) groups is 1. The lowest BCUT2D eigenvalue weighted by molar-refractivity contribution is -0.145. The number of halogens is 2. The Kier molecular flexibility index (Phi) is 4.47. The fourth-order valence-electron chi connectivity index (χ4n) is 1.99. The molecule has 0 fully saturated rings. The van der Waals surface area contributed by atoms with E-state index in [-0.39, 0.29) is 12.2 Å². The van der Waals surface area contributed by atoms with E-state index >= 15 is 0 Å². The zero-order valence-electron chi connectivity index (χ0n) is 11.3. The Balaban J connectivity index is 2.59. The van der Waals surface area contributed by atoms with Crippen LogP contribution in [0.25, 0.3) is 0 Å². The van der Waals surface area contributed by atoms with Gasteiger partial charge in [-0.1, -0.05) is 12.1 Å². The van der Waals surface area contributed by atoms with Gasteiger partial charge in [-0.25, -0.2) is 13.6 Å². The van der Waals surface area contributed by atoms with Crippen LogP contribution in [0.1, 0.15) is 18.5 Å². The fraction of sp³-hybridized carbons (Fsp3) is 0.200. The van der Waals surface area contributed by atoms with Gasteiger partial charge in [0.2, 0.25) is 0 Å². The average molecular weight is 293 g/mol. The molecule has 2 aromatic rings. The molecule has 0 aliphatic carbocycles. The zero-order valence-corrected chi connectivity index (χ0v) is 11.3. The van der Waals surface area contributed by atoms with Crippen molar-refractivity contribution >= 4 is 5.97 Å². The first kappa shape index (κ1) is 14.9. The number of benzene rings is 1. The van der Waals surface area contributed by atoms with Gasteiger partial charge in [0.15, 0.2) is 6.04 Å². The molecule has 0 bridgehead atoms. The second-order valence-corrected chi connectivity index (χ2v) is 4.27. The highest BCUT2D eigenvalue weighted by Gasteiger charge is 2.27. The lowest BCUT2D eigenvalue weighted by Crippen LogP contribution is -2.31. The van der Waals surface area contributed by atoms with Gasteiger partial charge < -0.3 is 4.74 Å². The summed E-state index contributed by atoms with van der Waals surface area (Å²) in [5.41, 5.74) is -0.609. The van der Waals surface area contributed by atoms with Crippen LogP contribution in [0.2, 0.25) is 0 Å². The Bertz CT molecular complexity index is 712. The monoisotopic (exact) mass is 293 g/mol. The number of rotatable bonds is 4. The third kappa shape index (κ3) is 3.16. The van der Waals surface area contributed by atoms with Crippen LogP contribution < -0.4 is 5.56 Å². The summed E-state index contributed by atoms with van der Waals surface area (Å²) in [5, 5.41) is 0. The minimum Gasteiger partial charge on any atom is -0.464 e. The summed E-state index contributed by atoms with van der Waals surface area (Å²) in [7, 11) is 0. The number of aromatic nitrogens is 1. The highest BCUT2D eigenvalue weighted by molar-refractivity contribution is 5.78. The molecule has 4 nitrogen and oxygen atoms in total. The van der Waals surface area contributed by atoms with Crippen LogP contribution in [0.4, 0.5) is 8.78 Å². The van der Waals surface area contributed by atoms with Gasteiger partial charge in [-0.05, 0) is 19.1 Å². The molecule has 0 N–H and O–H groups in total. The van der Waals surface area contributed by atoms with Crippen molar-refractivity contribution in [1.82, 2.24) is 4.57 Å². The van der Waals surface area contributed by atoms with Crippen molar-refractivity contribution < 1.29 is 18.3 Å². The molecule has 110 valence electrons. The van der Waals surface area contributed by atoms with Crippen molar-refractivity contribution in [2.24, 2.45) is 0 Å². The number of hydrogen-bond donors (Lipinski definition) is 0. The molecule has 6 heteroatoms. The van der Waals surface area contributed by atoms with Crippen molar-refractivity contribution in [2.75, 3.05) is 6.61 Å². The molecule has 0 amide bonds. The minimum atomic E-state index is -1.29. The molecular weight excluding hydrogens is 280 g/mol. The Hall–Kier alpha value is -2.50. The largest absolute Gasteiger partial charge is 0.464 e. The third-order valence-corrected chi connectivity index (χ3v) is 2.90. The van der Waals surface area contributed by atoms with E-state index in [9.17, 15) is 18.4 Å². The molecule has 0 aliphatic rings. The summed E-state index contributed by atoms with van der Waals surface area (Å²) in [6.07, 6.45) is 1.35. The third-order valence-electron chi connectivity index (χ3n) is 2.90. The van der Waals surface area contributed by atoms with Gasteiger partial charge in [0.25, 0.3) is 5.56 Å². The van der Waals surface area contributed by atoms with Crippen LogP contribution >= 0.6 is 0 Å². The van der Waals surface area contributed by atoms with Crippen LogP contribution in [0.3, 0.4) is 0 Å². The predicted molar refractivity (Wildman–Crippen MR) is 71.8 cm³/mol. The van der Waals surface area contributed by atoms with Gasteiger partial charge in [0.05, 0.1) is 6.61 Å². The Morgan fingerprint density at radius 3 is 2.67 bits per heavy atom. The van der Waals surface area contributed by atoms with Crippen LogP contribution in [0.15, 0.2) is 47.4 Å². The van der Waals surface area contributed by atoms with Gasteiger partial charge in [0.1, 0.15) is 11.6 Å². The fourth-order valence-corrected chi connectivity index (χ4v) is 1.99. The second kappa shape index (κ2) is 6.30. The van der Waals surface area contributed by atoms with E-state index in [1.165, 1.54) is 24.4 Å². The number of esters is 1. The predicted octanol–water partition coefficient (Wildman–Crippen LogP) is 2.28. The van der Waals surface area contributed by atoms with Crippen LogP contribution in [0.5, 0.6) is 0 Å². The maximum atomic E-state index is 14.0. The molecule has 0 saturated carbocycles. The normalized spacial score (nSPS) is 12.0. The quantitative estimate of drug-likeness (QED) is 0.813. The molecule has 0 radical (unpaired) electrons. The molecule has 1 heterocycles. The Labute approximate surface area is 119 Å². The van der Waals surface area contributed by atoms with Crippen LogP contribution in [0, 0.1) is 11.6 Å². The highest BCUT2D eigenvalue weighted by atomic mass is 19.1. The summed E-state index contributed by atoms with van der Waals surface area (Å²) in [6.45, 7) is 1.68. The van der Waals surface area contributed by atoms with E-state index in [4.69, 9.17) is 4.74 Å². The van der Waals surface area contributed by atoms with Crippen molar-refractivity contribution in [3.8, 4) is 0 Å². The summed E-state index contributed by atoms with van der Waals surface area (Å²) in [4.78, 5) is 24.0. The second-order valence-electron chi connectivity index (χ2n) is 4.27. The van der Waals surface area contributed by atoms with Crippen molar-refractivity contribution in [3.63, 3.8) is 0 Å². The number of pyridine rings is 1. The maximum Gasteiger partial charge on any atom is 0.334 e. The van der Waals surface area contributed by atoms with E-state index in [2.05, 4.69) is 0 Å². The SMILES string of the molecule is CCOC(=O)C(c1ccc(F)cc1F)n1ccccc1=O. The average Bonchev–Trinajstić information content (AvgIpc) is 2.44. The first-order chi connectivity index (χ1) is 10.0. The molecule has 1 aromatic carbocycles. The molecular formula is C15H13F2NO3. The summed E-state index contributed by atoms with van der Waals surface area (Å²) < 4.78 is 32.9. The van der Waals surface area contributed by atoms with Crippen LogP contribution in [-0.4, -0.2) is 17.1 Å². The van der Waals surface area contributed by atoms with Gasteiger partial charge in [-0.2, -0.15) is 0 Å². The highest BCUT2D eigenvalue weighted by Crippen LogP contribution is 2.22. The van der Waals surface area contributed by atoms with E-state index in [0.717, 1.165) is 16.7 Å². The van der Waals surface area contributed by atoms with Gasteiger partial charge in [-0.3, -0.25) is 9.36 Å². The van der Waals surface area contributed by atoms with Crippen molar-refractivity contribution in [2.45, 2.75) is 13.0 Å². The van der Waals surface area contributed by atoms with Gasteiger partial charge in [0, 0.05) is 23.9 Å². The Morgan fingerprint density at radius 2 is 2.05 bits per heavy atom.